The van der Waals surface area contributed by atoms with Gasteiger partial charge in [0.2, 0.25) is 5.91 Å². The largest absolute Gasteiger partial charge is 0.497 e. The van der Waals surface area contributed by atoms with Gasteiger partial charge in [0.05, 0.1) is 38.3 Å². The fraction of sp³-hybridized carbons (Fsp3) is 0.207. The Morgan fingerprint density at radius 2 is 1.62 bits per heavy atom. The average molecular weight is 547 g/mol. The molecule has 9 nitrogen and oxygen atoms in total. The molecule has 1 aliphatic rings. The number of nitrogens with zero attached hydrogens (tertiary/aromatic N) is 1. The summed E-state index contributed by atoms with van der Waals surface area (Å²) in [6.07, 6.45) is 0. The first-order valence-corrected chi connectivity index (χ1v) is 13.1. The lowest BCUT2D eigenvalue weighted by molar-refractivity contribution is -0.114. The summed E-state index contributed by atoms with van der Waals surface area (Å²) in [6.45, 7) is 1.81. The van der Waals surface area contributed by atoms with Gasteiger partial charge in [0.1, 0.15) is 23.3 Å². The maximum atomic E-state index is 13.5. The monoisotopic (exact) mass is 546 g/mol. The van der Waals surface area contributed by atoms with Crippen LogP contribution in [0, 0.1) is 0 Å². The van der Waals surface area contributed by atoms with E-state index >= 15 is 0 Å². The minimum absolute atomic E-state index is 0.0924. The van der Waals surface area contributed by atoms with Gasteiger partial charge in [-0.15, -0.1) is 0 Å². The van der Waals surface area contributed by atoms with Gasteiger partial charge in [-0.3, -0.25) is 9.59 Å². The van der Waals surface area contributed by atoms with E-state index in [0.717, 1.165) is 0 Å². The second kappa shape index (κ2) is 12.9. The molecule has 0 saturated carbocycles. The number of benzene rings is 3. The van der Waals surface area contributed by atoms with Crippen LogP contribution in [0.15, 0.2) is 89.1 Å². The number of aliphatic imine (C=N–C) groups is 1. The molecule has 0 unspecified atom stereocenters. The second-order valence-electron chi connectivity index (χ2n) is 8.47. The molecular formula is C29H30N4O5S. The van der Waals surface area contributed by atoms with Crippen molar-refractivity contribution in [1.82, 2.24) is 5.32 Å². The summed E-state index contributed by atoms with van der Waals surface area (Å²) < 4.78 is 16.3. The first-order valence-electron chi connectivity index (χ1n) is 12.1. The smallest absolute Gasteiger partial charge is 0.255 e. The molecule has 4 rings (SSSR count). The van der Waals surface area contributed by atoms with Gasteiger partial charge in [0.15, 0.2) is 5.17 Å². The molecule has 0 spiro atoms. The SMILES string of the molecule is COc1ccc([C@@H]2N=C(SCC(=O)Nc3ccccc3OC)NC(C)=C2C(=O)Nc2ccccc2)c(OC)c1. The van der Waals surface area contributed by atoms with Crippen LogP contribution in [0.4, 0.5) is 11.4 Å². The zero-order valence-electron chi connectivity index (χ0n) is 22.1. The molecule has 1 atom stereocenters. The lowest BCUT2D eigenvalue weighted by Gasteiger charge is -2.27. The number of carbonyl (C=O) groups is 2. The van der Waals surface area contributed by atoms with Crippen LogP contribution in [0.25, 0.3) is 0 Å². The van der Waals surface area contributed by atoms with Crippen molar-refractivity contribution >= 4 is 40.1 Å². The molecule has 2 amide bonds. The number of hydrogen-bond acceptors (Lipinski definition) is 8. The maximum Gasteiger partial charge on any atom is 0.255 e. The first kappa shape index (κ1) is 27.6. The molecule has 39 heavy (non-hydrogen) atoms. The van der Waals surface area contributed by atoms with Crippen molar-refractivity contribution in [3.8, 4) is 17.2 Å². The Labute approximate surface area is 231 Å². The molecule has 3 aromatic rings. The van der Waals surface area contributed by atoms with Crippen LogP contribution >= 0.6 is 11.8 Å². The average Bonchev–Trinajstić information content (AvgIpc) is 2.96. The number of rotatable bonds is 9. The number of methoxy groups -OCH3 is 3. The lowest BCUT2D eigenvalue weighted by Crippen LogP contribution is -2.33. The third-order valence-electron chi connectivity index (χ3n) is 5.95. The number of para-hydroxylation sites is 3. The van der Waals surface area contributed by atoms with Crippen molar-refractivity contribution in [2.45, 2.75) is 13.0 Å². The number of nitrogens with one attached hydrogen (secondary N) is 3. The van der Waals surface area contributed by atoms with E-state index in [-0.39, 0.29) is 17.6 Å². The number of anilines is 2. The minimum Gasteiger partial charge on any atom is -0.497 e. The zero-order chi connectivity index (χ0) is 27.8. The predicted molar refractivity (Wildman–Crippen MR) is 155 cm³/mol. The predicted octanol–water partition coefficient (Wildman–Crippen LogP) is 5.00. The number of carbonyl (C=O) groups excluding carboxylic acids is 2. The number of amides is 2. The van der Waals surface area contributed by atoms with Gasteiger partial charge in [0.25, 0.3) is 5.91 Å². The molecule has 0 bridgehead atoms. The normalized spacial score (nSPS) is 14.6. The van der Waals surface area contributed by atoms with Crippen LogP contribution in [0.2, 0.25) is 0 Å². The van der Waals surface area contributed by atoms with Crippen LogP contribution in [0.5, 0.6) is 17.2 Å². The summed E-state index contributed by atoms with van der Waals surface area (Å²) in [5.41, 5.74) is 2.99. The standard InChI is InChI=1S/C29H30N4O5S/c1-18-26(28(35)31-19-10-6-5-7-11-19)27(21-15-14-20(36-2)16-24(21)38-4)33-29(30-18)39-17-25(34)32-22-12-8-9-13-23(22)37-3/h5-16,27H,17H2,1-4H3,(H,30,33)(H,31,35)(H,32,34)/t27-/m0/s1. The molecular weight excluding hydrogens is 516 g/mol. The third-order valence-corrected chi connectivity index (χ3v) is 6.84. The van der Waals surface area contributed by atoms with Crippen LogP contribution in [0.1, 0.15) is 18.5 Å². The van der Waals surface area contributed by atoms with Crippen molar-refractivity contribution in [3.05, 3.63) is 89.6 Å². The molecule has 0 radical (unpaired) electrons. The number of thioether (sulfide) groups is 1. The van der Waals surface area contributed by atoms with Crippen molar-refractivity contribution < 1.29 is 23.8 Å². The van der Waals surface area contributed by atoms with Crippen molar-refractivity contribution in [2.24, 2.45) is 4.99 Å². The quantitative estimate of drug-likeness (QED) is 0.347. The van der Waals surface area contributed by atoms with Crippen LogP contribution in [0.3, 0.4) is 0 Å². The Kier molecular flexibility index (Phi) is 9.11. The van der Waals surface area contributed by atoms with E-state index in [2.05, 4.69) is 16.0 Å². The number of amidine groups is 1. The molecule has 3 N–H and O–H groups in total. The first-order chi connectivity index (χ1) is 18.9. The summed E-state index contributed by atoms with van der Waals surface area (Å²) in [5.74, 6) is 1.30. The fourth-order valence-corrected chi connectivity index (χ4v) is 4.82. The Morgan fingerprint density at radius 1 is 0.897 bits per heavy atom. The van der Waals surface area contributed by atoms with Gasteiger partial charge in [-0.25, -0.2) is 4.99 Å². The molecule has 202 valence electrons. The van der Waals surface area contributed by atoms with E-state index in [0.29, 0.717) is 50.6 Å². The van der Waals surface area contributed by atoms with Crippen molar-refractivity contribution in [3.63, 3.8) is 0 Å². The van der Waals surface area contributed by atoms with Crippen LogP contribution < -0.4 is 30.2 Å². The molecule has 0 fully saturated rings. The minimum atomic E-state index is -0.685. The van der Waals surface area contributed by atoms with Crippen molar-refractivity contribution in [2.75, 3.05) is 37.7 Å². The molecule has 1 heterocycles. The van der Waals surface area contributed by atoms with Gasteiger partial charge in [-0.1, -0.05) is 42.1 Å². The highest BCUT2D eigenvalue weighted by molar-refractivity contribution is 8.14. The number of allylic oxidation sites excluding steroid dienone is 1. The summed E-state index contributed by atoms with van der Waals surface area (Å²) in [5, 5.41) is 9.51. The zero-order valence-corrected chi connectivity index (χ0v) is 22.9. The second-order valence-corrected chi connectivity index (χ2v) is 9.43. The molecule has 1 aliphatic heterocycles. The number of hydrogen-bond donors (Lipinski definition) is 3. The third kappa shape index (κ3) is 6.71. The Hall–Kier alpha value is -4.44. The fourth-order valence-electron chi connectivity index (χ4n) is 4.07. The van der Waals surface area contributed by atoms with Gasteiger partial charge in [0, 0.05) is 23.0 Å². The van der Waals surface area contributed by atoms with E-state index in [1.54, 1.807) is 45.6 Å². The topological polar surface area (TPSA) is 110 Å². The molecule has 3 aromatic carbocycles. The molecule has 0 aliphatic carbocycles. The van der Waals surface area contributed by atoms with Gasteiger partial charge in [-0.05, 0) is 43.3 Å². The Morgan fingerprint density at radius 3 is 2.33 bits per heavy atom. The van der Waals surface area contributed by atoms with Crippen molar-refractivity contribution in [1.29, 1.82) is 0 Å². The summed E-state index contributed by atoms with van der Waals surface area (Å²) in [7, 11) is 4.68. The highest BCUT2D eigenvalue weighted by Gasteiger charge is 2.32. The highest BCUT2D eigenvalue weighted by Crippen LogP contribution is 2.39. The number of ether oxygens (including phenoxy) is 3. The van der Waals surface area contributed by atoms with E-state index in [1.807, 2.05) is 55.5 Å². The van der Waals surface area contributed by atoms with Crippen LogP contribution in [-0.2, 0) is 9.59 Å². The van der Waals surface area contributed by atoms with E-state index in [9.17, 15) is 9.59 Å². The van der Waals surface area contributed by atoms with Gasteiger partial charge >= 0.3 is 0 Å². The van der Waals surface area contributed by atoms with E-state index in [4.69, 9.17) is 19.2 Å². The molecule has 0 aromatic heterocycles. The lowest BCUT2D eigenvalue weighted by atomic mass is 9.95. The molecule has 0 saturated heterocycles. The summed E-state index contributed by atoms with van der Waals surface area (Å²) in [4.78, 5) is 31.1. The highest BCUT2D eigenvalue weighted by atomic mass is 32.2. The Balaban J connectivity index is 1.60. The van der Waals surface area contributed by atoms with E-state index in [1.165, 1.54) is 11.8 Å². The summed E-state index contributed by atoms with van der Waals surface area (Å²) >= 11 is 1.23. The maximum absolute atomic E-state index is 13.5. The van der Waals surface area contributed by atoms with E-state index < -0.39 is 6.04 Å². The summed E-state index contributed by atoms with van der Waals surface area (Å²) in [6, 6.07) is 21.1. The van der Waals surface area contributed by atoms with Gasteiger partial charge in [-0.2, -0.15) is 0 Å². The Bertz CT molecular complexity index is 1410. The molecule has 10 heteroatoms. The van der Waals surface area contributed by atoms with Crippen LogP contribution in [-0.4, -0.2) is 44.1 Å². The van der Waals surface area contributed by atoms with Gasteiger partial charge < -0.3 is 30.2 Å².